The minimum atomic E-state index is -0.478. The Morgan fingerprint density at radius 1 is 0.971 bits per heavy atom. The van der Waals surface area contributed by atoms with E-state index in [1.54, 1.807) is 0 Å². The van der Waals surface area contributed by atoms with Crippen LogP contribution in [0.3, 0.4) is 0 Å². The lowest BCUT2D eigenvalue weighted by atomic mass is 9.72. The van der Waals surface area contributed by atoms with E-state index in [4.69, 9.17) is 16.6 Å². The maximum Gasteiger partial charge on any atom is 0.227 e. The van der Waals surface area contributed by atoms with Crippen molar-refractivity contribution in [3.63, 3.8) is 0 Å². The number of benzene rings is 3. The van der Waals surface area contributed by atoms with Crippen molar-refractivity contribution >= 4 is 40.4 Å². The van der Waals surface area contributed by atoms with Gasteiger partial charge < -0.3 is 4.90 Å². The van der Waals surface area contributed by atoms with Crippen LogP contribution >= 0.6 is 11.6 Å². The number of ketones is 1. The Morgan fingerprint density at radius 3 is 2.35 bits per heavy atom. The number of hydrogen-bond acceptors (Lipinski definition) is 3. The van der Waals surface area contributed by atoms with Crippen molar-refractivity contribution in [2.24, 2.45) is 10.9 Å². The quantitative estimate of drug-likeness (QED) is 0.414. The number of nitrogens with zero attached hydrogens (tertiary/aromatic N) is 2. The van der Waals surface area contributed by atoms with Crippen LogP contribution in [0.2, 0.25) is 5.02 Å². The first kappa shape index (κ1) is 22.5. The van der Waals surface area contributed by atoms with Gasteiger partial charge in [-0.3, -0.25) is 14.6 Å². The first-order valence-corrected chi connectivity index (χ1v) is 12.2. The van der Waals surface area contributed by atoms with E-state index in [1.807, 2.05) is 91.5 Å². The minimum absolute atomic E-state index is 0.0119. The van der Waals surface area contributed by atoms with E-state index in [2.05, 4.69) is 0 Å². The highest BCUT2D eigenvalue weighted by molar-refractivity contribution is 6.30. The summed E-state index contributed by atoms with van der Waals surface area (Å²) in [5.74, 6) is -0.326. The monoisotopic (exact) mass is 470 g/mol. The van der Waals surface area contributed by atoms with E-state index in [0.29, 0.717) is 24.3 Å². The fourth-order valence-electron chi connectivity index (χ4n) is 5.23. The second-order valence-electron chi connectivity index (χ2n) is 9.17. The summed E-state index contributed by atoms with van der Waals surface area (Å²) in [4.78, 5) is 34.1. The van der Waals surface area contributed by atoms with Gasteiger partial charge in [-0.1, -0.05) is 72.6 Å². The van der Waals surface area contributed by atoms with Crippen LogP contribution in [0.1, 0.15) is 54.8 Å². The number of Topliss-reactive ketones (excluding diaryl/α,β-unsaturated/α-hetero) is 1. The third-order valence-corrected chi connectivity index (χ3v) is 7.19. The number of fused-ring (bicyclic) bond motifs is 2. The predicted molar refractivity (Wildman–Crippen MR) is 137 cm³/mol. The summed E-state index contributed by atoms with van der Waals surface area (Å²) in [5, 5.41) is 0.678. The fourth-order valence-corrected chi connectivity index (χ4v) is 5.36. The van der Waals surface area contributed by atoms with Crippen molar-refractivity contribution in [1.29, 1.82) is 0 Å². The molecule has 1 aliphatic carbocycles. The standard InChI is InChI=1S/C29H27ClN2O2/c1-3-27(34)32-25-7-5-4-6-23(25)31-24-16-21(19-12-14-22(30)15-13-19)17-26(33)28(24)29(32)20-10-8-18(2)9-11-20/h4-15,21,28-29H,3,16-17H2,1-2H3. The summed E-state index contributed by atoms with van der Waals surface area (Å²) in [7, 11) is 0. The smallest absolute Gasteiger partial charge is 0.227 e. The molecule has 3 unspecified atom stereocenters. The second kappa shape index (κ2) is 9.19. The molecule has 3 aromatic rings. The third-order valence-electron chi connectivity index (χ3n) is 6.94. The molecule has 0 spiro atoms. The van der Waals surface area contributed by atoms with Crippen LogP contribution in [0.25, 0.3) is 0 Å². The number of carbonyl (C=O) groups is 2. The van der Waals surface area contributed by atoms with Crippen LogP contribution < -0.4 is 4.90 Å². The van der Waals surface area contributed by atoms with Gasteiger partial charge in [0.25, 0.3) is 0 Å². The molecule has 1 heterocycles. The lowest BCUT2D eigenvalue weighted by Gasteiger charge is -2.39. The Hall–Kier alpha value is -3.24. The predicted octanol–water partition coefficient (Wildman–Crippen LogP) is 6.98. The highest BCUT2D eigenvalue weighted by Gasteiger charge is 2.45. The number of rotatable bonds is 3. The van der Waals surface area contributed by atoms with Crippen molar-refractivity contribution in [3.8, 4) is 0 Å². The summed E-state index contributed by atoms with van der Waals surface area (Å²) in [6, 6.07) is 23.2. The number of aryl methyl sites for hydroxylation is 1. The van der Waals surface area contributed by atoms with Crippen LogP contribution in [-0.4, -0.2) is 17.4 Å². The molecule has 3 aromatic carbocycles. The highest BCUT2D eigenvalue weighted by atomic mass is 35.5. The Bertz CT molecular complexity index is 1260. The molecule has 5 rings (SSSR count). The van der Waals surface area contributed by atoms with Crippen LogP contribution in [0.4, 0.5) is 11.4 Å². The zero-order chi connectivity index (χ0) is 23.8. The van der Waals surface area contributed by atoms with Gasteiger partial charge >= 0.3 is 0 Å². The van der Waals surface area contributed by atoms with Crippen molar-refractivity contribution in [3.05, 3.63) is 94.5 Å². The number of amides is 1. The zero-order valence-corrected chi connectivity index (χ0v) is 20.1. The van der Waals surface area contributed by atoms with Gasteiger partial charge in [0.2, 0.25) is 5.91 Å². The molecule has 172 valence electrons. The number of carbonyl (C=O) groups excluding carboxylic acids is 2. The highest BCUT2D eigenvalue weighted by Crippen LogP contribution is 2.47. The molecule has 0 radical (unpaired) electrons. The summed E-state index contributed by atoms with van der Waals surface area (Å²) in [5.41, 5.74) is 5.53. The molecule has 1 saturated carbocycles. The molecule has 0 N–H and O–H groups in total. The molecular formula is C29H27ClN2O2. The van der Waals surface area contributed by atoms with E-state index < -0.39 is 12.0 Å². The maximum absolute atomic E-state index is 13.8. The van der Waals surface area contributed by atoms with Gasteiger partial charge in [-0.05, 0) is 54.7 Å². The SMILES string of the molecule is CCC(=O)N1c2ccccc2N=C2CC(c3ccc(Cl)cc3)CC(=O)C2C1c1ccc(C)cc1. The maximum atomic E-state index is 13.8. The van der Waals surface area contributed by atoms with Gasteiger partial charge in [-0.15, -0.1) is 0 Å². The van der Waals surface area contributed by atoms with Gasteiger partial charge in [0.1, 0.15) is 5.78 Å². The molecule has 2 aliphatic rings. The molecule has 5 heteroatoms. The summed E-state index contributed by atoms with van der Waals surface area (Å²) < 4.78 is 0. The molecule has 34 heavy (non-hydrogen) atoms. The first-order chi connectivity index (χ1) is 16.5. The first-order valence-electron chi connectivity index (χ1n) is 11.8. The average molecular weight is 471 g/mol. The van der Waals surface area contributed by atoms with Gasteiger partial charge in [0, 0.05) is 23.6 Å². The number of hydrogen-bond donors (Lipinski definition) is 0. The van der Waals surface area contributed by atoms with Crippen molar-refractivity contribution in [2.45, 2.75) is 45.1 Å². The summed E-state index contributed by atoms with van der Waals surface area (Å²) >= 11 is 6.10. The number of anilines is 1. The minimum Gasteiger partial charge on any atom is -0.302 e. The van der Waals surface area contributed by atoms with Crippen LogP contribution in [0.15, 0.2) is 77.8 Å². The van der Waals surface area contributed by atoms with Crippen LogP contribution in [0.5, 0.6) is 0 Å². The molecule has 1 fully saturated rings. The van der Waals surface area contributed by atoms with Gasteiger partial charge in [-0.2, -0.15) is 0 Å². The van der Waals surface area contributed by atoms with Gasteiger partial charge in [0.15, 0.2) is 0 Å². The van der Waals surface area contributed by atoms with Crippen molar-refractivity contribution in [1.82, 2.24) is 0 Å². The Labute approximate surface area is 205 Å². The van der Waals surface area contributed by atoms with Crippen LogP contribution in [0, 0.1) is 12.8 Å². The van der Waals surface area contributed by atoms with Crippen molar-refractivity contribution in [2.75, 3.05) is 4.90 Å². The van der Waals surface area contributed by atoms with E-state index in [1.165, 1.54) is 0 Å². The van der Waals surface area contributed by atoms with Crippen LogP contribution in [-0.2, 0) is 9.59 Å². The summed E-state index contributed by atoms with van der Waals surface area (Å²) in [6.45, 7) is 3.90. The van der Waals surface area contributed by atoms with Gasteiger partial charge in [0.05, 0.1) is 23.3 Å². The van der Waals surface area contributed by atoms with E-state index in [-0.39, 0.29) is 17.6 Å². The Kier molecular flexibility index (Phi) is 6.09. The molecule has 3 atom stereocenters. The van der Waals surface area contributed by atoms with E-state index in [9.17, 15) is 9.59 Å². The van der Waals surface area contributed by atoms with Crippen molar-refractivity contribution < 1.29 is 9.59 Å². The molecule has 1 amide bonds. The largest absolute Gasteiger partial charge is 0.302 e. The number of para-hydroxylation sites is 2. The number of aliphatic imine (C=N–C) groups is 1. The Morgan fingerprint density at radius 2 is 1.65 bits per heavy atom. The van der Waals surface area contributed by atoms with Gasteiger partial charge in [-0.25, -0.2) is 0 Å². The number of halogens is 1. The molecule has 0 saturated heterocycles. The normalized spacial score (nSPS) is 21.9. The van der Waals surface area contributed by atoms with E-state index in [0.717, 1.165) is 33.8 Å². The molecule has 4 nitrogen and oxygen atoms in total. The Balaban J connectivity index is 1.67. The molecule has 0 bridgehead atoms. The molecular weight excluding hydrogens is 444 g/mol. The average Bonchev–Trinajstić information content (AvgIpc) is 2.99. The third kappa shape index (κ3) is 4.07. The lowest BCUT2D eigenvalue weighted by Crippen LogP contribution is -2.45. The second-order valence-corrected chi connectivity index (χ2v) is 9.60. The summed E-state index contributed by atoms with van der Waals surface area (Å²) in [6.07, 6.45) is 1.43. The zero-order valence-electron chi connectivity index (χ0n) is 19.4. The molecule has 1 aliphatic heterocycles. The van der Waals surface area contributed by atoms with E-state index >= 15 is 0 Å². The lowest BCUT2D eigenvalue weighted by molar-refractivity contribution is -0.123. The topological polar surface area (TPSA) is 49.7 Å². The molecule has 0 aromatic heterocycles. The fraction of sp³-hybridized carbons (Fsp3) is 0.276.